The fourth-order valence-corrected chi connectivity index (χ4v) is 5.31. The van der Waals surface area contributed by atoms with Crippen molar-refractivity contribution in [1.82, 2.24) is 0 Å². The molecule has 5 aromatic rings. The van der Waals surface area contributed by atoms with Crippen LogP contribution in [0.25, 0.3) is 33.0 Å². The van der Waals surface area contributed by atoms with E-state index in [2.05, 4.69) is 6.92 Å². The molecule has 0 saturated heterocycles. The maximum atomic E-state index is 13.8. The largest absolute Gasteiger partial charge is 0.456 e. The van der Waals surface area contributed by atoms with E-state index in [-0.39, 0.29) is 5.91 Å². The topological polar surface area (TPSA) is 46.6 Å². The first-order chi connectivity index (χ1) is 19.7. The summed E-state index contributed by atoms with van der Waals surface area (Å²) in [6.45, 7) is 2.06. The molecule has 0 bridgehead atoms. The fraction of sp³-hybridized carbons (Fsp3) is 0.118. The molecule has 0 aromatic heterocycles. The molecule has 1 aliphatic rings. The molecule has 4 nitrogen and oxygen atoms in total. The molecule has 1 amide bonds. The summed E-state index contributed by atoms with van der Waals surface area (Å²) < 4.78 is 45.4. The van der Waals surface area contributed by atoms with Gasteiger partial charge in [-0.05, 0) is 77.2 Å². The first-order valence-corrected chi connectivity index (χ1v) is 13.1. The van der Waals surface area contributed by atoms with Crippen LogP contribution in [0, 0.1) is 0 Å². The fourth-order valence-electron chi connectivity index (χ4n) is 5.31. The van der Waals surface area contributed by atoms with Crippen LogP contribution >= 0.6 is 0 Å². The Morgan fingerprint density at radius 2 is 1.49 bits per heavy atom. The lowest BCUT2D eigenvalue weighted by Crippen LogP contribution is -2.26. The third kappa shape index (κ3) is 4.53. The van der Waals surface area contributed by atoms with Crippen LogP contribution in [0.1, 0.15) is 38.8 Å². The Kier molecular flexibility index (Phi) is 6.37. The second kappa shape index (κ2) is 9.93. The highest BCUT2D eigenvalue weighted by molar-refractivity contribution is 6.21. The molecule has 0 unspecified atom stereocenters. The first kappa shape index (κ1) is 26.3. The van der Waals surface area contributed by atoms with Crippen molar-refractivity contribution in [2.24, 2.45) is 0 Å². The van der Waals surface area contributed by atoms with E-state index >= 15 is 0 Å². The molecule has 1 heterocycles. The number of hydrogen-bond acceptors (Lipinski definition) is 3. The van der Waals surface area contributed by atoms with Gasteiger partial charge < -0.3 is 9.64 Å². The number of anilines is 1. The van der Waals surface area contributed by atoms with Gasteiger partial charge >= 0.3 is 6.18 Å². The Balaban J connectivity index is 1.47. The Hall–Kier alpha value is -4.91. The Morgan fingerprint density at radius 1 is 0.805 bits per heavy atom. The lowest BCUT2D eigenvalue weighted by molar-refractivity contribution is -0.137. The number of nitrogens with zero attached hydrogens (tertiary/aromatic N) is 1. The predicted octanol–water partition coefficient (Wildman–Crippen LogP) is 8.95. The van der Waals surface area contributed by atoms with Gasteiger partial charge in [-0.3, -0.25) is 9.59 Å². The number of rotatable bonds is 5. The number of ether oxygens (including phenoxy) is 1. The molecule has 5 aromatic carbocycles. The molecule has 204 valence electrons. The number of benzene rings is 5. The van der Waals surface area contributed by atoms with E-state index in [0.29, 0.717) is 50.1 Å². The van der Waals surface area contributed by atoms with E-state index in [4.69, 9.17) is 4.74 Å². The van der Waals surface area contributed by atoms with E-state index in [0.717, 1.165) is 41.7 Å². The summed E-state index contributed by atoms with van der Waals surface area (Å²) in [5.74, 6) is 0.811. The van der Waals surface area contributed by atoms with Crippen LogP contribution in [0.15, 0.2) is 91.0 Å². The molecular formula is C34H24F3NO3. The number of amides is 1. The minimum atomic E-state index is -4.42. The summed E-state index contributed by atoms with van der Waals surface area (Å²) in [7, 11) is 1.70. The zero-order chi connectivity index (χ0) is 28.9. The molecule has 0 fully saturated rings. The van der Waals surface area contributed by atoms with Gasteiger partial charge in [0.1, 0.15) is 11.5 Å². The average Bonchev–Trinajstić information content (AvgIpc) is 3.00. The summed E-state index contributed by atoms with van der Waals surface area (Å²) in [6, 6.07) is 25.1. The molecule has 0 radical (unpaired) electrons. The number of aryl methyl sites for hydroxylation is 1. The summed E-state index contributed by atoms with van der Waals surface area (Å²) in [6.07, 6.45) is -2.80. The highest BCUT2D eigenvalue weighted by atomic mass is 19.4. The smallest absolute Gasteiger partial charge is 0.416 e. The van der Waals surface area contributed by atoms with E-state index in [1.165, 1.54) is 12.1 Å². The van der Waals surface area contributed by atoms with E-state index in [1.807, 2.05) is 36.4 Å². The van der Waals surface area contributed by atoms with Gasteiger partial charge in [0.2, 0.25) is 0 Å². The number of hydrogen-bond donors (Lipinski definition) is 0. The molecule has 1 aliphatic heterocycles. The molecule has 0 atom stereocenters. The van der Waals surface area contributed by atoms with Crippen LogP contribution in [0.2, 0.25) is 0 Å². The minimum absolute atomic E-state index is 0.273. The summed E-state index contributed by atoms with van der Waals surface area (Å²) in [5.41, 5.74) is 4.69. The number of halogens is 3. The maximum Gasteiger partial charge on any atom is 0.416 e. The lowest BCUT2D eigenvalue weighted by Gasteiger charge is -2.25. The monoisotopic (exact) mass is 551 g/mol. The van der Waals surface area contributed by atoms with Crippen molar-refractivity contribution in [3.8, 4) is 33.8 Å². The molecule has 0 saturated carbocycles. The van der Waals surface area contributed by atoms with Crippen molar-refractivity contribution in [3.63, 3.8) is 0 Å². The van der Waals surface area contributed by atoms with E-state index in [1.54, 1.807) is 42.3 Å². The van der Waals surface area contributed by atoms with Crippen molar-refractivity contribution in [1.29, 1.82) is 0 Å². The zero-order valence-corrected chi connectivity index (χ0v) is 22.3. The van der Waals surface area contributed by atoms with Crippen LogP contribution in [0.4, 0.5) is 18.9 Å². The van der Waals surface area contributed by atoms with Crippen LogP contribution in [-0.2, 0) is 12.6 Å². The van der Waals surface area contributed by atoms with Crippen molar-refractivity contribution < 1.29 is 27.5 Å². The lowest BCUT2D eigenvalue weighted by atomic mass is 9.88. The van der Waals surface area contributed by atoms with E-state index in [9.17, 15) is 22.8 Å². The molecule has 6 rings (SSSR count). The highest BCUT2D eigenvalue weighted by Crippen LogP contribution is 2.49. The van der Waals surface area contributed by atoms with Gasteiger partial charge in [-0.1, -0.05) is 49.4 Å². The highest BCUT2D eigenvalue weighted by Gasteiger charge is 2.30. The molecular weight excluding hydrogens is 527 g/mol. The normalized spacial score (nSPS) is 12.0. The van der Waals surface area contributed by atoms with Crippen molar-refractivity contribution in [2.45, 2.75) is 19.5 Å². The molecule has 7 heteroatoms. The Bertz CT molecular complexity index is 1820. The standard InChI is InChI=1S/C34H24F3NO3/c1-3-20-4-12-25(13-5-20)38(2)33(40)27-15-17-30-32-26(14-8-23(19-39)31(27)32)28-18-22(9-16-29(28)41-30)21-6-10-24(11-7-21)34(35,36)37/h4-19H,3H2,1-2H3. The van der Waals surface area contributed by atoms with Gasteiger partial charge in [0.25, 0.3) is 5.91 Å². The SMILES string of the molecule is CCc1ccc(N(C)C(=O)c2ccc3c4c(ccc(C=O)c24)-c2cc(-c4ccc(C(F)(F)F)cc4)ccc2O3)cc1. The van der Waals surface area contributed by atoms with Crippen molar-refractivity contribution in [3.05, 3.63) is 113 Å². The summed E-state index contributed by atoms with van der Waals surface area (Å²) in [5, 5.41) is 1.12. The zero-order valence-electron chi connectivity index (χ0n) is 22.3. The van der Waals surface area contributed by atoms with Crippen molar-refractivity contribution in [2.75, 3.05) is 11.9 Å². The van der Waals surface area contributed by atoms with Gasteiger partial charge in [0.05, 0.1) is 5.56 Å². The molecule has 41 heavy (non-hydrogen) atoms. The van der Waals surface area contributed by atoms with Gasteiger partial charge in [-0.25, -0.2) is 0 Å². The second-order valence-electron chi connectivity index (χ2n) is 9.95. The Labute approximate surface area is 234 Å². The second-order valence-corrected chi connectivity index (χ2v) is 9.95. The van der Waals surface area contributed by atoms with Crippen LogP contribution in [-0.4, -0.2) is 19.2 Å². The third-order valence-corrected chi connectivity index (χ3v) is 7.58. The number of fused-ring (bicyclic) bond motifs is 2. The number of alkyl halides is 3. The number of carbonyl (C=O) groups excluding carboxylic acids is 2. The summed E-state index contributed by atoms with van der Waals surface area (Å²) in [4.78, 5) is 27.5. The van der Waals surface area contributed by atoms with Crippen molar-refractivity contribution >= 4 is 28.7 Å². The van der Waals surface area contributed by atoms with Gasteiger partial charge in [-0.2, -0.15) is 13.2 Å². The third-order valence-electron chi connectivity index (χ3n) is 7.58. The summed E-state index contributed by atoms with van der Waals surface area (Å²) >= 11 is 0. The van der Waals surface area contributed by atoms with Crippen LogP contribution in [0.5, 0.6) is 11.5 Å². The first-order valence-electron chi connectivity index (χ1n) is 13.1. The van der Waals surface area contributed by atoms with Crippen LogP contribution in [0.3, 0.4) is 0 Å². The molecule has 0 N–H and O–H groups in total. The molecule has 0 spiro atoms. The van der Waals surface area contributed by atoms with Gasteiger partial charge in [0.15, 0.2) is 6.29 Å². The van der Waals surface area contributed by atoms with Gasteiger partial charge in [-0.15, -0.1) is 0 Å². The maximum absolute atomic E-state index is 13.8. The number of aldehydes is 1. The number of carbonyl (C=O) groups is 2. The molecule has 0 aliphatic carbocycles. The Morgan fingerprint density at radius 3 is 2.15 bits per heavy atom. The predicted molar refractivity (Wildman–Crippen MR) is 154 cm³/mol. The quantitative estimate of drug-likeness (QED) is 0.201. The average molecular weight is 552 g/mol. The van der Waals surface area contributed by atoms with Gasteiger partial charge in [0, 0.05) is 40.2 Å². The van der Waals surface area contributed by atoms with Crippen LogP contribution < -0.4 is 9.64 Å². The van der Waals surface area contributed by atoms with E-state index < -0.39 is 11.7 Å². The minimum Gasteiger partial charge on any atom is -0.456 e.